The molecule has 0 fully saturated rings. The molecule has 0 amide bonds. The van der Waals surface area contributed by atoms with Gasteiger partial charge in [0, 0.05) is 15.9 Å². The molecule has 0 aliphatic heterocycles. The highest BCUT2D eigenvalue weighted by Crippen LogP contribution is 2.19. The van der Waals surface area contributed by atoms with Crippen LogP contribution in [0.25, 0.3) is 0 Å². The average Bonchev–Trinajstić information content (AvgIpc) is 2.03. The summed E-state index contributed by atoms with van der Waals surface area (Å²) in [6.07, 6.45) is 0. The summed E-state index contributed by atoms with van der Waals surface area (Å²) in [7, 11) is 0. The van der Waals surface area contributed by atoms with Gasteiger partial charge in [-0.25, -0.2) is 0 Å². The van der Waals surface area contributed by atoms with E-state index in [2.05, 4.69) is 0 Å². The van der Waals surface area contributed by atoms with Crippen LogP contribution in [0.2, 0.25) is 5.02 Å². The minimum absolute atomic E-state index is 0.0552. The molecule has 3 nitrogen and oxygen atoms in total. The average molecular weight is 200 g/mol. The minimum atomic E-state index is -0.314. The van der Waals surface area contributed by atoms with E-state index >= 15 is 0 Å². The molecule has 0 aromatic heterocycles. The van der Waals surface area contributed by atoms with Crippen LogP contribution in [0.5, 0.6) is 0 Å². The largest absolute Gasteiger partial charge is 0.265 e. The summed E-state index contributed by atoms with van der Waals surface area (Å²) in [6.45, 7) is 1.76. The fourth-order valence-electron chi connectivity index (χ4n) is 1.14. The maximum absolute atomic E-state index is 10.2. The first-order valence-corrected chi connectivity index (χ1v) is 4.34. The predicted molar refractivity (Wildman–Crippen MR) is 51.7 cm³/mol. The zero-order valence-corrected chi connectivity index (χ0v) is 7.99. The summed E-state index contributed by atoms with van der Waals surface area (Å²) in [5, 5.41) is 10.9. The highest BCUT2D eigenvalue weighted by atomic mass is 35.5. The van der Waals surface area contributed by atoms with Crippen molar-refractivity contribution in [2.45, 2.75) is 12.8 Å². The van der Waals surface area contributed by atoms with E-state index in [9.17, 15) is 10.1 Å². The smallest absolute Gasteiger partial charge is 0.210 e. The number of halogens is 1. The van der Waals surface area contributed by atoms with Gasteiger partial charge in [0.2, 0.25) is 6.54 Å². The zero-order chi connectivity index (χ0) is 9.84. The summed E-state index contributed by atoms with van der Waals surface area (Å²) in [6, 6.07) is 7.16. The van der Waals surface area contributed by atoms with E-state index in [-0.39, 0.29) is 17.4 Å². The van der Waals surface area contributed by atoms with Crippen LogP contribution in [-0.4, -0.2) is 11.5 Å². The third-order valence-corrected chi connectivity index (χ3v) is 2.08. The van der Waals surface area contributed by atoms with Gasteiger partial charge in [0.1, 0.15) is 0 Å². The Kier molecular flexibility index (Phi) is 3.25. The van der Waals surface area contributed by atoms with Crippen LogP contribution < -0.4 is 0 Å². The summed E-state index contributed by atoms with van der Waals surface area (Å²) in [5.74, 6) is -0.0892. The molecule has 1 rings (SSSR count). The number of rotatable bonds is 3. The van der Waals surface area contributed by atoms with Gasteiger partial charge in [-0.05, 0) is 17.7 Å². The van der Waals surface area contributed by atoms with E-state index in [1.165, 1.54) is 0 Å². The molecule has 1 atom stereocenters. The molecule has 0 N–H and O–H groups in total. The molecule has 0 aliphatic rings. The third kappa shape index (κ3) is 3.03. The lowest BCUT2D eigenvalue weighted by molar-refractivity contribution is -0.482. The van der Waals surface area contributed by atoms with Crippen molar-refractivity contribution in [3.8, 4) is 0 Å². The molecular formula is C9H10ClNO2. The van der Waals surface area contributed by atoms with Gasteiger partial charge in [-0.3, -0.25) is 10.1 Å². The van der Waals surface area contributed by atoms with Crippen molar-refractivity contribution in [2.24, 2.45) is 0 Å². The zero-order valence-electron chi connectivity index (χ0n) is 7.24. The Morgan fingerprint density at radius 3 is 2.85 bits per heavy atom. The molecular weight excluding hydrogens is 190 g/mol. The second-order valence-electron chi connectivity index (χ2n) is 2.97. The van der Waals surface area contributed by atoms with Crippen LogP contribution in [-0.2, 0) is 0 Å². The van der Waals surface area contributed by atoms with Gasteiger partial charge in [0.25, 0.3) is 0 Å². The molecule has 0 saturated heterocycles. The van der Waals surface area contributed by atoms with Gasteiger partial charge >= 0.3 is 0 Å². The molecule has 0 unspecified atom stereocenters. The summed E-state index contributed by atoms with van der Waals surface area (Å²) >= 11 is 5.76. The molecule has 0 heterocycles. The molecule has 0 bridgehead atoms. The molecule has 0 radical (unpaired) electrons. The molecule has 1 aromatic rings. The Bertz CT molecular complexity index is 314. The molecule has 0 aliphatic carbocycles. The van der Waals surface area contributed by atoms with Gasteiger partial charge in [0.15, 0.2) is 0 Å². The van der Waals surface area contributed by atoms with Gasteiger partial charge in [-0.1, -0.05) is 30.7 Å². The van der Waals surface area contributed by atoms with E-state index in [4.69, 9.17) is 11.6 Å². The molecule has 13 heavy (non-hydrogen) atoms. The minimum Gasteiger partial charge on any atom is -0.265 e. The van der Waals surface area contributed by atoms with Gasteiger partial charge in [-0.15, -0.1) is 0 Å². The van der Waals surface area contributed by atoms with Crippen LogP contribution in [0.4, 0.5) is 0 Å². The number of hydrogen-bond acceptors (Lipinski definition) is 2. The first-order valence-electron chi connectivity index (χ1n) is 3.97. The van der Waals surface area contributed by atoms with E-state index in [0.29, 0.717) is 5.02 Å². The van der Waals surface area contributed by atoms with E-state index < -0.39 is 0 Å². The fourth-order valence-corrected chi connectivity index (χ4v) is 1.34. The van der Waals surface area contributed by atoms with Crippen LogP contribution in [0, 0.1) is 10.1 Å². The maximum atomic E-state index is 10.2. The van der Waals surface area contributed by atoms with Gasteiger partial charge < -0.3 is 0 Å². The number of nitro groups is 1. The fraction of sp³-hybridized carbons (Fsp3) is 0.333. The van der Waals surface area contributed by atoms with Crippen molar-refractivity contribution >= 4 is 11.6 Å². The molecule has 4 heteroatoms. The maximum Gasteiger partial charge on any atom is 0.210 e. The summed E-state index contributed by atoms with van der Waals surface area (Å²) in [5.41, 5.74) is 0.907. The van der Waals surface area contributed by atoms with Crippen molar-refractivity contribution < 1.29 is 4.92 Å². The second kappa shape index (κ2) is 4.23. The Hall–Kier alpha value is -1.09. The SMILES string of the molecule is C[C@H](C[N+](=O)[O-])c1cccc(Cl)c1. The molecule has 0 spiro atoms. The lowest BCUT2D eigenvalue weighted by atomic mass is 10.0. The van der Waals surface area contributed by atoms with Crippen molar-refractivity contribution in [3.63, 3.8) is 0 Å². The normalized spacial score (nSPS) is 12.5. The monoisotopic (exact) mass is 199 g/mol. The van der Waals surface area contributed by atoms with E-state index in [1.54, 1.807) is 18.2 Å². The Labute approximate surface area is 81.5 Å². The highest BCUT2D eigenvalue weighted by molar-refractivity contribution is 6.30. The summed E-state index contributed by atoms with van der Waals surface area (Å²) in [4.78, 5) is 9.93. The number of benzene rings is 1. The lowest BCUT2D eigenvalue weighted by Crippen LogP contribution is -2.09. The van der Waals surface area contributed by atoms with Crippen LogP contribution in [0.1, 0.15) is 18.4 Å². The van der Waals surface area contributed by atoms with Gasteiger partial charge in [-0.2, -0.15) is 0 Å². The van der Waals surface area contributed by atoms with Gasteiger partial charge in [0.05, 0.1) is 0 Å². The molecule has 0 saturated carbocycles. The first kappa shape index (κ1) is 9.99. The van der Waals surface area contributed by atoms with Crippen molar-refractivity contribution in [1.29, 1.82) is 0 Å². The number of hydrogen-bond donors (Lipinski definition) is 0. The predicted octanol–water partition coefficient (Wildman–Crippen LogP) is 2.72. The number of nitrogens with zero attached hydrogens (tertiary/aromatic N) is 1. The Morgan fingerprint density at radius 1 is 1.62 bits per heavy atom. The first-order chi connectivity index (χ1) is 6.09. The Morgan fingerprint density at radius 2 is 2.31 bits per heavy atom. The standard InChI is InChI=1S/C9H10ClNO2/c1-7(6-11(12)13)8-3-2-4-9(10)5-8/h2-5,7H,6H2,1H3/t7-/m1/s1. The quantitative estimate of drug-likeness (QED) is 0.555. The lowest BCUT2D eigenvalue weighted by Gasteiger charge is -2.06. The van der Waals surface area contributed by atoms with Crippen LogP contribution in [0.15, 0.2) is 24.3 Å². The Balaban J connectivity index is 2.76. The van der Waals surface area contributed by atoms with Crippen molar-refractivity contribution in [1.82, 2.24) is 0 Å². The molecule has 70 valence electrons. The van der Waals surface area contributed by atoms with Crippen molar-refractivity contribution in [3.05, 3.63) is 45.0 Å². The van der Waals surface area contributed by atoms with Crippen LogP contribution in [0.3, 0.4) is 0 Å². The summed E-state index contributed by atoms with van der Waals surface area (Å²) < 4.78 is 0. The topological polar surface area (TPSA) is 43.1 Å². The van der Waals surface area contributed by atoms with E-state index in [1.807, 2.05) is 13.0 Å². The van der Waals surface area contributed by atoms with Crippen molar-refractivity contribution in [2.75, 3.05) is 6.54 Å². The third-order valence-electron chi connectivity index (χ3n) is 1.84. The highest BCUT2D eigenvalue weighted by Gasteiger charge is 2.11. The molecule has 1 aromatic carbocycles. The second-order valence-corrected chi connectivity index (χ2v) is 3.41. The van der Waals surface area contributed by atoms with E-state index in [0.717, 1.165) is 5.56 Å². The van der Waals surface area contributed by atoms with Crippen LogP contribution >= 0.6 is 11.6 Å².